The van der Waals surface area contributed by atoms with Crippen molar-refractivity contribution in [3.05, 3.63) is 0 Å². The third-order valence-electron chi connectivity index (χ3n) is 6.62. The van der Waals surface area contributed by atoms with E-state index in [1.54, 1.807) is 4.90 Å². The van der Waals surface area contributed by atoms with Crippen LogP contribution >= 0.6 is 0 Å². The Hall–Kier alpha value is -1.10. The van der Waals surface area contributed by atoms with Gasteiger partial charge in [-0.15, -0.1) is 0 Å². The molecular formula is C17H26N2O3. The first-order valence-electron chi connectivity index (χ1n) is 8.71. The molecule has 5 aliphatic rings. The number of carbonyl (C=O) groups is 2. The van der Waals surface area contributed by atoms with E-state index >= 15 is 0 Å². The van der Waals surface area contributed by atoms with Crippen LogP contribution in [0.2, 0.25) is 0 Å². The van der Waals surface area contributed by atoms with Gasteiger partial charge in [-0.1, -0.05) is 0 Å². The van der Waals surface area contributed by atoms with Crippen molar-refractivity contribution in [2.45, 2.75) is 63.5 Å². The third kappa shape index (κ3) is 2.34. The van der Waals surface area contributed by atoms with Gasteiger partial charge < -0.3 is 15.7 Å². The first-order valence-corrected chi connectivity index (χ1v) is 8.71. The molecule has 0 radical (unpaired) electrons. The van der Waals surface area contributed by atoms with E-state index in [4.69, 9.17) is 5.73 Å². The number of rotatable bonds is 3. The van der Waals surface area contributed by atoms with Crippen LogP contribution in [-0.2, 0) is 9.59 Å². The lowest BCUT2D eigenvalue weighted by Gasteiger charge is -2.57. The molecule has 1 aliphatic heterocycles. The predicted octanol–water partition coefficient (Wildman–Crippen LogP) is 1.04. The molecule has 5 heteroatoms. The molecule has 4 bridgehead atoms. The van der Waals surface area contributed by atoms with Gasteiger partial charge in [0.25, 0.3) is 0 Å². The molecule has 5 fully saturated rings. The largest absolute Gasteiger partial charge is 0.391 e. The average Bonchev–Trinajstić information content (AvgIpc) is 2.79. The maximum Gasteiger partial charge on any atom is 0.240 e. The Morgan fingerprint density at radius 2 is 1.59 bits per heavy atom. The molecule has 0 aromatic carbocycles. The van der Waals surface area contributed by atoms with Crippen LogP contribution in [0.1, 0.15) is 51.4 Å². The maximum absolute atomic E-state index is 12.8. The van der Waals surface area contributed by atoms with E-state index in [0.717, 1.165) is 17.8 Å². The summed E-state index contributed by atoms with van der Waals surface area (Å²) < 4.78 is 0. The molecule has 5 nitrogen and oxygen atoms in total. The summed E-state index contributed by atoms with van der Waals surface area (Å²) >= 11 is 0. The highest BCUT2D eigenvalue weighted by atomic mass is 16.3. The fourth-order valence-electron chi connectivity index (χ4n) is 6.29. The number of aliphatic hydroxyl groups excluding tert-OH is 1. The van der Waals surface area contributed by atoms with Crippen molar-refractivity contribution in [2.75, 3.05) is 6.54 Å². The molecule has 1 heterocycles. The Bertz CT molecular complexity index is 469. The fraction of sp³-hybridized carbons (Fsp3) is 0.882. The fourth-order valence-corrected chi connectivity index (χ4v) is 6.29. The van der Waals surface area contributed by atoms with Gasteiger partial charge in [0.05, 0.1) is 6.10 Å². The molecule has 0 spiro atoms. The number of primary amides is 1. The minimum absolute atomic E-state index is 0.0299. The Morgan fingerprint density at radius 3 is 2.09 bits per heavy atom. The van der Waals surface area contributed by atoms with Gasteiger partial charge >= 0.3 is 0 Å². The van der Waals surface area contributed by atoms with E-state index in [1.807, 2.05) is 0 Å². The van der Waals surface area contributed by atoms with Crippen molar-refractivity contribution in [1.82, 2.24) is 4.90 Å². The number of nitrogens with zero attached hydrogens (tertiary/aromatic N) is 1. The zero-order chi connectivity index (χ0) is 15.5. The topological polar surface area (TPSA) is 83.6 Å². The van der Waals surface area contributed by atoms with Crippen molar-refractivity contribution in [2.24, 2.45) is 28.9 Å². The van der Waals surface area contributed by atoms with E-state index in [0.29, 0.717) is 12.8 Å². The number of aliphatic hydroxyl groups is 1. The monoisotopic (exact) mass is 306 g/mol. The van der Waals surface area contributed by atoms with E-state index in [2.05, 4.69) is 0 Å². The summed E-state index contributed by atoms with van der Waals surface area (Å²) in [4.78, 5) is 25.9. The van der Waals surface area contributed by atoms with Gasteiger partial charge in [0.2, 0.25) is 11.8 Å². The summed E-state index contributed by atoms with van der Waals surface area (Å²) in [5, 5.41) is 9.80. The zero-order valence-electron chi connectivity index (χ0n) is 13.0. The van der Waals surface area contributed by atoms with Gasteiger partial charge in [0.15, 0.2) is 0 Å². The van der Waals surface area contributed by atoms with E-state index < -0.39 is 18.1 Å². The summed E-state index contributed by atoms with van der Waals surface area (Å²) in [6, 6.07) is -0.614. The van der Waals surface area contributed by atoms with Gasteiger partial charge in [-0.05, 0) is 61.7 Å². The van der Waals surface area contributed by atoms with Crippen molar-refractivity contribution >= 4 is 11.8 Å². The Balaban J connectivity index is 1.49. The minimum Gasteiger partial charge on any atom is -0.391 e. The van der Waals surface area contributed by atoms with Gasteiger partial charge in [0, 0.05) is 19.4 Å². The molecule has 5 rings (SSSR count). The van der Waals surface area contributed by atoms with Crippen molar-refractivity contribution in [1.29, 1.82) is 0 Å². The number of hydrogen-bond acceptors (Lipinski definition) is 3. The molecule has 1 saturated heterocycles. The molecular weight excluding hydrogens is 280 g/mol. The van der Waals surface area contributed by atoms with Crippen LogP contribution in [0.3, 0.4) is 0 Å². The molecule has 4 saturated carbocycles. The number of amides is 2. The van der Waals surface area contributed by atoms with Crippen LogP contribution in [0.4, 0.5) is 0 Å². The molecule has 2 amide bonds. The maximum atomic E-state index is 12.8. The zero-order valence-corrected chi connectivity index (χ0v) is 13.0. The van der Waals surface area contributed by atoms with Crippen molar-refractivity contribution in [3.63, 3.8) is 0 Å². The SMILES string of the molecule is NC(=O)[C@H]1C[C@H](O)CN1C(=O)CC12CC3CC(CC(C3)C1)C2. The lowest BCUT2D eigenvalue weighted by atomic mass is 9.49. The molecule has 3 N–H and O–H groups in total. The molecule has 4 aliphatic carbocycles. The first-order chi connectivity index (χ1) is 10.4. The lowest BCUT2D eigenvalue weighted by molar-refractivity contribution is -0.144. The van der Waals surface area contributed by atoms with Crippen LogP contribution in [0, 0.1) is 23.2 Å². The Labute approximate surface area is 131 Å². The van der Waals surface area contributed by atoms with Gasteiger partial charge in [-0.25, -0.2) is 0 Å². The number of hydrogen-bond donors (Lipinski definition) is 2. The Morgan fingerprint density at radius 1 is 1.05 bits per heavy atom. The number of nitrogens with two attached hydrogens (primary N) is 1. The second-order valence-corrected chi connectivity index (χ2v) is 8.45. The van der Waals surface area contributed by atoms with Crippen molar-refractivity contribution < 1.29 is 14.7 Å². The van der Waals surface area contributed by atoms with Crippen LogP contribution in [0.25, 0.3) is 0 Å². The molecule has 0 aromatic heterocycles. The standard InChI is InChI=1S/C17H26N2O3/c18-16(22)14-4-13(20)9-19(14)15(21)8-17-5-10-1-11(6-17)3-12(2-10)7-17/h10-14,20H,1-9H2,(H2,18,22)/t10?,11?,12?,13-,14+,17?/m0/s1. The molecule has 122 valence electrons. The summed E-state index contributed by atoms with van der Waals surface area (Å²) in [5.74, 6) is 1.98. The normalized spacial score (nSPS) is 46.2. The average molecular weight is 306 g/mol. The number of likely N-dealkylation sites (tertiary alicyclic amines) is 1. The molecule has 0 unspecified atom stereocenters. The minimum atomic E-state index is -0.614. The molecule has 0 aromatic rings. The second kappa shape index (κ2) is 4.95. The molecule has 2 atom stereocenters. The van der Waals surface area contributed by atoms with Crippen LogP contribution < -0.4 is 5.73 Å². The number of carbonyl (C=O) groups excluding carboxylic acids is 2. The van der Waals surface area contributed by atoms with Crippen LogP contribution in [-0.4, -0.2) is 40.5 Å². The molecule has 22 heavy (non-hydrogen) atoms. The lowest BCUT2D eigenvalue weighted by Crippen LogP contribution is -2.50. The Kier molecular flexibility index (Phi) is 3.26. The van der Waals surface area contributed by atoms with Crippen molar-refractivity contribution in [3.8, 4) is 0 Å². The first kappa shape index (κ1) is 14.5. The number of β-amino-alcohol motifs (C(OH)–C–C–N with tert-alkyl or cyclic N) is 1. The van der Waals surface area contributed by atoms with E-state index in [-0.39, 0.29) is 17.9 Å². The van der Waals surface area contributed by atoms with Gasteiger partial charge in [-0.2, -0.15) is 0 Å². The van der Waals surface area contributed by atoms with Crippen LogP contribution in [0.5, 0.6) is 0 Å². The smallest absolute Gasteiger partial charge is 0.240 e. The summed E-state index contributed by atoms with van der Waals surface area (Å²) in [6.07, 6.45) is 7.86. The predicted molar refractivity (Wildman–Crippen MR) is 80.5 cm³/mol. The summed E-state index contributed by atoms with van der Waals surface area (Å²) in [5.41, 5.74) is 5.57. The third-order valence-corrected chi connectivity index (χ3v) is 6.62. The van der Waals surface area contributed by atoms with Gasteiger partial charge in [-0.3, -0.25) is 9.59 Å². The van der Waals surface area contributed by atoms with Crippen LogP contribution in [0.15, 0.2) is 0 Å². The highest BCUT2D eigenvalue weighted by molar-refractivity contribution is 5.87. The van der Waals surface area contributed by atoms with Gasteiger partial charge in [0.1, 0.15) is 6.04 Å². The van der Waals surface area contributed by atoms with E-state index in [1.165, 1.54) is 38.5 Å². The highest BCUT2D eigenvalue weighted by Gasteiger charge is 2.52. The summed E-state index contributed by atoms with van der Waals surface area (Å²) in [7, 11) is 0. The second-order valence-electron chi connectivity index (χ2n) is 8.45. The quantitative estimate of drug-likeness (QED) is 0.817. The highest BCUT2D eigenvalue weighted by Crippen LogP contribution is 2.61. The van der Waals surface area contributed by atoms with E-state index in [9.17, 15) is 14.7 Å². The summed E-state index contributed by atoms with van der Waals surface area (Å²) in [6.45, 7) is 0.263.